The van der Waals surface area contributed by atoms with E-state index in [1.54, 1.807) is 7.11 Å². The van der Waals surface area contributed by atoms with Crippen LogP contribution in [0.3, 0.4) is 0 Å². The third-order valence-electron chi connectivity index (χ3n) is 2.77. The van der Waals surface area contributed by atoms with Gasteiger partial charge in [-0.05, 0) is 6.92 Å². The van der Waals surface area contributed by atoms with Gasteiger partial charge in [-0.25, -0.2) is 0 Å². The largest absolute Gasteiger partial charge is 0.379 e. The van der Waals surface area contributed by atoms with E-state index in [2.05, 4.69) is 19.6 Å². The Morgan fingerprint density at radius 1 is 1.67 bits per heavy atom. The molecule has 12 heavy (non-hydrogen) atoms. The molecule has 0 N–H and O–H groups in total. The molecule has 0 spiro atoms. The minimum absolute atomic E-state index is 0.0119. The molecular weight excluding hydrogens is 171 g/mol. The van der Waals surface area contributed by atoms with Crippen molar-refractivity contribution >= 4 is 20.5 Å². The van der Waals surface area contributed by atoms with Crippen molar-refractivity contribution in [2.45, 2.75) is 31.6 Å². The first-order valence-corrected chi connectivity index (χ1v) is 4.75. The number of hydrogen-bond donors (Lipinski definition) is 1. The minimum atomic E-state index is -0.317. The number of hydrogen-bond acceptors (Lipinski definition) is 3. The average Bonchev–Trinajstić information content (AvgIpc) is 2.25. The molecule has 0 aliphatic carbocycles. The predicted molar refractivity (Wildman–Crippen MR) is 52.8 cm³/mol. The second-order valence-electron chi connectivity index (χ2n) is 3.54. The van der Waals surface area contributed by atoms with Crippen molar-refractivity contribution in [2.75, 3.05) is 12.9 Å². The summed E-state index contributed by atoms with van der Waals surface area (Å²) in [5.41, 5.74) is -0.247. The Morgan fingerprint density at radius 3 is 2.50 bits per heavy atom. The molecule has 0 aromatic heterocycles. The Morgan fingerprint density at radius 2 is 2.25 bits per heavy atom. The smallest absolute Gasteiger partial charge is 0.112 e. The SMILES string of the molecule is [B][C@@H]1O[C@](C)(CS)C(C)[C@@H]1OC. The van der Waals surface area contributed by atoms with Gasteiger partial charge in [0.1, 0.15) is 7.85 Å². The molecule has 1 rings (SSSR count). The van der Waals surface area contributed by atoms with Crippen LogP contribution in [-0.2, 0) is 9.47 Å². The fourth-order valence-electron chi connectivity index (χ4n) is 1.64. The van der Waals surface area contributed by atoms with Gasteiger partial charge in [-0.3, -0.25) is 0 Å². The highest BCUT2D eigenvalue weighted by molar-refractivity contribution is 7.80. The monoisotopic (exact) mass is 186 g/mol. The lowest BCUT2D eigenvalue weighted by Crippen LogP contribution is -2.35. The van der Waals surface area contributed by atoms with Crippen LogP contribution in [0.5, 0.6) is 0 Å². The second-order valence-corrected chi connectivity index (χ2v) is 3.86. The lowest BCUT2D eigenvalue weighted by Gasteiger charge is -2.27. The molecule has 0 saturated carbocycles. The first kappa shape index (κ1) is 10.4. The molecule has 1 saturated heterocycles. The summed E-state index contributed by atoms with van der Waals surface area (Å²) < 4.78 is 10.8. The van der Waals surface area contributed by atoms with Crippen LogP contribution < -0.4 is 0 Å². The first-order chi connectivity index (χ1) is 5.55. The van der Waals surface area contributed by atoms with E-state index in [1.807, 2.05) is 6.92 Å². The maximum absolute atomic E-state index is 5.75. The van der Waals surface area contributed by atoms with Crippen molar-refractivity contribution in [1.82, 2.24) is 0 Å². The summed E-state index contributed by atoms with van der Waals surface area (Å²) in [5.74, 6) is 0.955. The highest BCUT2D eigenvalue weighted by Gasteiger charge is 2.46. The summed E-state index contributed by atoms with van der Waals surface area (Å²) in [7, 11) is 7.41. The lowest BCUT2D eigenvalue weighted by molar-refractivity contribution is 0.000159. The van der Waals surface area contributed by atoms with Gasteiger partial charge in [0, 0.05) is 24.8 Å². The summed E-state index contributed by atoms with van der Waals surface area (Å²) >= 11 is 4.24. The van der Waals surface area contributed by atoms with Gasteiger partial charge in [-0.15, -0.1) is 0 Å². The molecule has 1 aliphatic rings. The topological polar surface area (TPSA) is 18.5 Å². The zero-order chi connectivity index (χ0) is 9.35. The summed E-state index contributed by atoms with van der Waals surface area (Å²) in [4.78, 5) is 0. The highest BCUT2D eigenvalue weighted by atomic mass is 32.1. The van der Waals surface area contributed by atoms with Gasteiger partial charge in [0.15, 0.2) is 0 Å². The van der Waals surface area contributed by atoms with Crippen molar-refractivity contribution in [3.63, 3.8) is 0 Å². The van der Waals surface area contributed by atoms with Crippen LogP contribution in [0.25, 0.3) is 0 Å². The molecule has 0 amide bonds. The zero-order valence-corrected chi connectivity index (χ0v) is 8.67. The van der Waals surface area contributed by atoms with Gasteiger partial charge in [0.2, 0.25) is 0 Å². The zero-order valence-electron chi connectivity index (χ0n) is 7.78. The third-order valence-corrected chi connectivity index (χ3v) is 3.40. The van der Waals surface area contributed by atoms with Gasteiger partial charge in [0.05, 0.1) is 11.7 Å². The molecule has 68 valence electrons. The van der Waals surface area contributed by atoms with Crippen LogP contribution in [0.2, 0.25) is 0 Å². The van der Waals surface area contributed by atoms with Gasteiger partial charge in [0.25, 0.3) is 0 Å². The van der Waals surface area contributed by atoms with Gasteiger partial charge < -0.3 is 9.47 Å². The van der Waals surface area contributed by atoms with Crippen molar-refractivity contribution in [3.8, 4) is 0 Å². The van der Waals surface area contributed by atoms with Crippen LogP contribution in [0.1, 0.15) is 13.8 Å². The van der Waals surface area contributed by atoms with Crippen LogP contribution >= 0.6 is 12.6 Å². The maximum atomic E-state index is 5.75. The van der Waals surface area contributed by atoms with E-state index in [9.17, 15) is 0 Å². The molecule has 4 atom stereocenters. The molecule has 0 aromatic carbocycles. The molecule has 0 aromatic rings. The van der Waals surface area contributed by atoms with E-state index in [0.29, 0.717) is 5.75 Å². The Balaban J connectivity index is 2.74. The Kier molecular flexibility index (Phi) is 3.13. The van der Waals surface area contributed by atoms with Crippen LogP contribution in [0, 0.1) is 5.92 Å². The molecule has 2 nitrogen and oxygen atoms in total. The number of rotatable bonds is 2. The molecule has 4 heteroatoms. The van der Waals surface area contributed by atoms with E-state index in [-0.39, 0.29) is 23.6 Å². The van der Waals surface area contributed by atoms with E-state index in [0.717, 1.165) is 0 Å². The summed E-state index contributed by atoms with van der Waals surface area (Å²) in [6.07, 6.45) is -0.0119. The molecule has 1 unspecified atom stereocenters. The van der Waals surface area contributed by atoms with Crippen molar-refractivity contribution in [2.24, 2.45) is 5.92 Å². The predicted octanol–water partition coefficient (Wildman–Crippen LogP) is 0.851. The average molecular weight is 186 g/mol. The third kappa shape index (κ3) is 1.52. The van der Waals surface area contributed by atoms with E-state index >= 15 is 0 Å². The van der Waals surface area contributed by atoms with E-state index < -0.39 is 0 Å². The molecule has 2 radical (unpaired) electrons. The fourth-order valence-corrected chi connectivity index (χ4v) is 2.00. The van der Waals surface area contributed by atoms with Crippen molar-refractivity contribution in [1.29, 1.82) is 0 Å². The normalized spacial score (nSPS) is 48.2. The molecule has 1 fully saturated rings. The molecular formula is C8H15BO2S. The highest BCUT2D eigenvalue weighted by Crippen LogP contribution is 2.37. The quantitative estimate of drug-likeness (QED) is 0.509. The second kappa shape index (κ2) is 3.60. The van der Waals surface area contributed by atoms with Gasteiger partial charge in [-0.2, -0.15) is 12.6 Å². The molecule has 1 heterocycles. The van der Waals surface area contributed by atoms with Crippen LogP contribution in [-0.4, -0.2) is 38.4 Å². The summed E-state index contributed by atoms with van der Waals surface area (Å²) in [5, 5.41) is 0. The summed E-state index contributed by atoms with van der Waals surface area (Å²) in [6, 6.07) is -0.317. The Bertz CT molecular complexity index is 167. The molecule has 1 aliphatic heterocycles. The fraction of sp³-hybridized carbons (Fsp3) is 1.00. The number of methoxy groups -OCH3 is 1. The maximum Gasteiger partial charge on any atom is 0.112 e. The van der Waals surface area contributed by atoms with Crippen LogP contribution in [0.15, 0.2) is 0 Å². The van der Waals surface area contributed by atoms with Gasteiger partial charge >= 0.3 is 0 Å². The molecule has 0 bridgehead atoms. The van der Waals surface area contributed by atoms with E-state index in [4.69, 9.17) is 17.3 Å². The van der Waals surface area contributed by atoms with E-state index in [1.165, 1.54) is 0 Å². The van der Waals surface area contributed by atoms with Crippen molar-refractivity contribution < 1.29 is 9.47 Å². The number of ether oxygens (including phenoxy) is 2. The standard InChI is InChI=1S/C8H15BO2S/c1-5-6(10-3)7(9)11-8(5,2)4-12/h5-7,12H,4H2,1-3H3/t5?,6-,7+,8+/m0/s1. The van der Waals surface area contributed by atoms with Crippen LogP contribution in [0.4, 0.5) is 0 Å². The summed E-state index contributed by atoms with van der Waals surface area (Å²) in [6.45, 7) is 4.10. The Hall–Kier alpha value is 0.335. The first-order valence-electron chi connectivity index (χ1n) is 4.12. The van der Waals surface area contributed by atoms with Crippen molar-refractivity contribution in [3.05, 3.63) is 0 Å². The number of thiol groups is 1. The van der Waals surface area contributed by atoms with Gasteiger partial charge in [-0.1, -0.05) is 6.92 Å². The Labute approximate surface area is 80.8 Å². The minimum Gasteiger partial charge on any atom is -0.379 e. The lowest BCUT2D eigenvalue weighted by atomic mass is 9.84.